The molecule has 0 bridgehead atoms. The average molecular weight is 351 g/mol. The van der Waals surface area contributed by atoms with Gasteiger partial charge in [-0.25, -0.2) is 9.37 Å². The van der Waals surface area contributed by atoms with Crippen molar-refractivity contribution in [2.45, 2.75) is 31.9 Å². The van der Waals surface area contributed by atoms with E-state index in [1.54, 1.807) is 12.3 Å². The highest BCUT2D eigenvalue weighted by Crippen LogP contribution is 2.31. The second kappa shape index (κ2) is 7.32. The highest BCUT2D eigenvalue weighted by Gasteiger charge is 2.22. The van der Waals surface area contributed by atoms with Crippen LogP contribution in [0.3, 0.4) is 0 Å². The van der Waals surface area contributed by atoms with Gasteiger partial charge >= 0.3 is 0 Å². The number of piperidine rings is 1. The van der Waals surface area contributed by atoms with Crippen molar-refractivity contribution in [2.75, 3.05) is 23.3 Å². The first-order valence-corrected chi connectivity index (χ1v) is 8.37. The van der Waals surface area contributed by atoms with Crippen LogP contribution in [0.5, 0.6) is 0 Å². The van der Waals surface area contributed by atoms with Crippen molar-refractivity contribution in [3.63, 3.8) is 0 Å². The molecule has 2 N–H and O–H groups in total. The van der Waals surface area contributed by atoms with Gasteiger partial charge in [0.15, 0.2) is 0 Å². The largest absolute Gasteiger partial charge is 0.393 e. The van der Waals surface area contributed by atoms with Crippen LogP contribution in [0.15, 0.2) is 30.6 Å². The Bertz CT molecular complexity index is 707. The van der Waals surface area contributed by atoms with Crippen molar-refractivity contribution in [3.05, 3.63) is 47.1 Å². The molecule has 0 amide bonds. The molecule has 0 radical (unpaired) electrons. The van der Waals surface area contributed by atoms with Gasteiger partial charge in [-0.1, -0.05) is 11.6 Å². The molecule has 2 aromatic rings. The second-order valence-electron chi connectivity index (χ2n) is 6.01. The molecule has 2 heterocycles. The maximum atomic E-state index is 13.8. The van der Waals surface area contributed by atoms with Crippen molar-refractivity contribution in [2.24, 2.45) is 0 Å². The van der Waals surface area contributed by atoms with Gasteiger partial charge < -0.3 is 15.3 Å². The Balaban J connectivity index is 1.84. The minimum Gasteiger partial charge on any atom is -0.393 e. The molecule has 0 aliphatic carbocycles. The van der Waals surface area contributed by atoms with E-state index >= 15 is 0 Å². The topological polar surface area (TPSA) is 61.3 Å². The Morgan fingerprint density at radius 1 is 1.33 bits per heavy atom. The van der Waals surface area contributed by atoms with Gasteiger partial charge in [-0.05, 0) is 38.0 Å². The van der Waals surface area contributed by atoms with E-state index in [0.717, 1.165) is 37.2 Å². The molecule has 1 fully saturated rings. The summed E-state index contributed by atoms with van der Waals surface area (Å²) in [5, 5.41) is 13.2. The molecule has 1 atom stereocenters. The van der Waals surface area contributed by atoms with Gasteiger partial charge in [-0.3, -0.25) is 4.98 Å². The summed E-state index contributed by atoms with van der Waals surface area (Å²) in [5.41, 5.74) is 1.81. The maximum Gasteiger partial charge on any atom is 0.149 e. The number of nitrogens with one attached hydrogen (secondary N) is 1. The first kappa shape index (κ1) is 16.9. The molecule has 1 unspecified atom stereocenters. The normalized spacial score (nSPS) is 16.9. The molecule has 3 rings (SSSR count). The molecule has 24 heavy (non-hydrogen) atoms. The zero-order chi connectivity index (χ0) is 17.1. The first-order chi connectivity index (χ1) is 11.5. The number of aliphatic hydroxyl groups excluding tert-OH is 1. The van der Waals surface area contributed by atoms with Crippen LogP contribution >= 0.6 is 11.6 Å². The molecule has 128 valence electrons. The summed E-state index contributed by atoms with van der Waals surface area (Å²) in [4.78, 5) is 10.3. The van der Waals surface area contributed by atoms with Crippen molar-refractivity contribution < 1.29 is 9.50 Å². The van der Waals surface area contributed by atoms with Gasteiger partial charge in [0.1, 0.15) is 16.8 Å². The van der Waals surface area contributed by atoms with Crippen LogP contribution in [0.2, 0.25) is 5.15 Å². The van der Waals surface area contributed by atoms with Gasteiger partial charge in [0.05, 0.1) is 24.5 Å². The Morgan fingerprint density at radius 3 is 2.79 bits per heavy atom. The number of halogens is 2. The number of hydrogen-bond acceptors (Lipinski definition) is 5. The zero-order valence-electron chi connectivity index (χ0n) is 13.4. The minimum atomic E-state index is -0.281. The molecule has 1 aromatic carbocycles. The lowest BCUT2D eigenvalue weighted by atomic mass is 10.0. The molecule has 0 spiro atoms. The summed E-state index contributed by atoms with van der Waals surface area (Å²) in [6.45, 7) is 3.45. The van der Waals surface area contributed by atoms with Crippen LogP contribution in [0.4, 0.5) is 15.9 Å². The molecule has 1 saturated heterocycles. The van der Waals surface area contributed by atoms with Gasteiger partial charge in [0, 0.05) is 24.3 Å². The number of rotatable bonds is 4. The summed E-state index contributed by atoms with van der Waals surface area (Å²) in [7, 11) is 0. The SMILES string of the molecule is CC(Nc1cncc(Cl)n1)c1cc(F)ccc1N1CCC(O)CC1. The number of nitrogens with zero attached hydrogens (tertiary/aromatic N) is 3. The number of anilines is 2. The average Bonchev–Trinajstić information content (AvgIpc) is 2.56. The van der Waals surface area contributed by atoms with E-state index in [9.17, 15) is 9.50 Å². The lowest BCUT2D eigenvalue weighted by molar-refractivity contribution is 0.145. The predicted octanol–water partition coefficient (Wildman–Crippen LogP) is 3.40. The van der Waals surface area contributed by atoms with Gasteiger partial charge in [0.2, 0.25) is 0 Å². The third kappa shape index (κ3) is 3.94. The maximum absolute atomic E-state index is 13.8. The Hall–Kier alpha value is -1.92. The molecule has 1 aliphatic heterocycles. The third-order valence-corrected chi connectivity index (χ3v) is 4.41. The van der Waals surface area contributed by atoms with E-state index < -0.39 is 0 Å². The second-order valence-corrected chi connectivity index (χ2v) is 6.40. The lowest BCUT2D eigenvalue weighted by Crippen LogP contribution is -2.36. The summed E-state index contributed by atoms with van der Waals surface area (Å²) in [6.07, 6.45) is 4.24. The fraction of sp³-hybridized carbons (Fsp3) is 0.412. The molecule has 0 saturated carbocycles. The fourth-order valence-corrected chi connectivity index (χ4v) is 3.13. The van der Waals surface area contributed by atoms with E-state index in [0.29, 0.717) is 11.0 Å². The Morgan fingerprint density at radius 2 is 2.08 bits per heavy atom. The van der Waals surface area contributed by atoms with Crippen molar-refractivity contribution in [1.82, 2.24) is 9.97 Å². The van der Waals surface area contributed by atoms with Crippen molar-refractivity contribution in [3.8, 4) is 0 Å². The molecule has 7 heteroatoms. The first-order valence-electron chi connectivity index (χ1n) is 7.99. The molecular weight excluding hydrogens is 331 g/mol. The molecule has 1 aliphatic rings. The smallest absolute Gasteiger partial charge is 0.149 e. The highest BCUT2D eigenvalue weighted by molar-refractivity contribution is 6.29. The predicted molar refractivity (Wildman–Crippen MR) is 92.9 cm³/mol. The van der Waals surface area contributed by atoms with E-state index in [4.69, 9.17) is 11.6 Å². The van der Waals surface area contributed by atoms with E-state index in [2.05, 4.69) is 20.2 Å². The summed E-state index contributed by atoms with van der Waals surface area (Å²) in [6, 6.07) is 4.63. The number of aliphatic hydroxyl groups is 1. The number of benzene rings is 1. The molecule has 5 nitrogen and oxygen atoms in total. The summed E-state index contributed by atoms with van der Waals surface area (Å²) >= 11 is 5.86. The zero-order valence-corrected chi connectivity index (χ0v) is 14.2. The van der Waals surface area contributed by atoms with Crippen LogP contribution in [0, 0.1) is 5.82 Å². The summed E-state index contributed by atoms with van der Waals surface area (Å²) < 4.78 is 13.8. The van der Waals surface area contributed by atoms with Crippen LogP contribution in [-0.4, -0.2) is 34.3 Å². The van der Waals surface area contributed by atoms with E-state index in [1.807, 2.05) is 6.92 Å². The molecule has 1 aromatic heterocycles. The van der Waals surface area contributed by atoms with Gasteiger partial charge in [-0.2, -0.15) is 0 Å². The van der Waals surface area contributed by atoms with Crippen molar-refractivity contribution >= 4 is 23.1 Å². The number of hydrogen-bond donors (Lipinski definition) is 2. The summed E-state index contributed by atoms with van der Waals surface area (Å²) in [5.74, 6) is 0.260. The van der Waals surface area contributed by atoms with Crippen LogP contribution in [-0.2, 0) is 0 Å². The third-order valence-electron chi connectivity index (χ3n) is 4.23. The van der Waals surface area contributed by atoms with Crippen LogP contribution in [0.1, 0.15) is 31.4 Å². The van der Waals surface area contributed by atoms with E-state index in [1.165, 1.54) is 18.3 Å². The highest BCUT2D eigenvalue weighted by atomic mass is 35.5. The van der Waals surface area contributed by atoms with Crippen LogP contribution < -0.4 is 10.2 Å². The fourth-order valence-electron chi connectivity index (χ4n) is 2.98. The molecular formula is C17H20ClFN4O. The van der Waals surface area contributed by atoms with Crippen molar-refractivity contribution in [1.29, 1.82) is 0 Å². The van der Waals surface area contributed by atoms with E-state index in [-0.39, 0.29) is 18.0 Å². The lowest BCUT2D eigenvalue weighted by Gasteiger charge is -2.34. The Kier molecular flexibility index (Phi) is 5.16. The Labute approximate surface area is 145 Å². The van der Waals surface area contributed by atoms with Crippen LogP contribution in [0.25, 0.3) is 0 Å². The standard InChI is InChI=1S/C17H20ClFN4O/c1-11(21-17-10-20-9-16(18)22-17)14-8-12(19)2-3-15(14)23-6-4-13(24)5-7-23/h2-3,8-11,13,24H,4-7H2,1H3,(H,21,22). The number of aromatic nitrogens is 2. The minimum absolute atomic E-state index is 0.171. The monoisotopic (exact) mass is 350 g/mol. The van der Waals surface area contributed by atoms with Gasteiger partial charge in [-0.15, -0.1) is 0 Å². The van der Waals surface area contributed by atoms with Gasteiger partial charge in [0.25, 0.3) is 0 Å². The quantitative estimate of drug-likeness (QED) is 0.885.